The quantitative estimate of drug-likeness (QED) is 0.533. The Kier molecular flexibility index (Phi) is 5.66. The van der Waals surface area contributed by atoms with Gasteiger partial charge in [-0.25, -0.2) is 4.39 Å². The van der Waals surface area contributed by atoms with Crippen LogP contribution in [-0.4, -0.2) is 20.9 Å². The summed E-state index contributed by atoms with van der Waals surface area (Å²) in [7, 11) is 0. The van der Waals surface area contributed by atoms with Crippen LogP contribution >= 0.6 is 0 Å². The number of hydrogen-bond donors (Lipinski definition) is 1. The number of nitrogens with zero attached hydrogens (tertiary/aromatic N) is 3. The van der Waals surface area contributed by atoms with E-state index in [0.717, 1.165) is 22.5 Å². The topological polar surface area (TPSA) is 79.0 Å². The van der Waals surface area contributed by atoms with Gasteiger partial charge in [-0.15, -0.1) is 0 Å². The van der Waals surface area contributed by atoms with Crippen LogP contribution in [0.5, 0.6) is 0 Å². The molecule has 0 aliphatic rings. The van der Waals surface area contributed by atoms with E-state index in [-0.39, 0.29) is 17.7 Å². The molecule has 1 amide bonds. The second kappa shape index (κ2) is 8.71. The van der Waals surface area contributed by atoms with Gasteiger partial charge in [0, 0.05) is 47.2 Å². The summed E-state index contributed by atoms with van der Waals surface area (Å²) in [6.07, 6.45) is 4.82. The molecule has 7 heteroatoms. The van der Waals surface area contributed by atoms with Crippen LogP contribution < -0.4 is 10.5 Å². The fraction of sp³-hybridized carbons (Fsp3) is 0.0833. The van der Waals surface area contributed by atoms with Gasteiger partial charge in [0.25, 0.3) is 5.91 Å². The average Bonchev–Trinajstić information content (AvgIpc) is 2.77. The van der Waals surface area contributed by atoms with Gasteiger partial charge in [0.15, 0.2) is 0 Å². The van der Waals surface area contributed by atoms with Crippen molar-refractivity contribution < 1.29 is 9.18 Å². The molecule has 6 nitrogen and oxygen atoms in total. The fourth-order valence-electron chi connectivity index (χ4n) is 3.23. The molecular formula is C24H19FN4O2. The molecule has 4 rings (SSSR count). The molecule has 3 aromatic heterocycles. The minimum absolute atomic E-state index is 0.164. The van der Waals surface area contributed by atoms with Crippen LogP contribution in [0.2, 0.25) is 0 Å². The Balaban J connectivity index is 1.66. The van der Waals surface area contributed by atoms with Crippen LogP contribution in [0.15, 0.2) is 84.0 Å². The minimum Gasteiger partial charge on any atom is -0.329 e. The standard InChI is InChI=1S/C24H19FN4O2/c1-16-11-18(7-9-26-16)22-6-5-17(14-28-22)15-29(21-4-2-3-20(25)13-21)24(31)19-8-10-27-23(30)12-19/h2-14H,15H2,1H3,(H,27,30). The number of carbonyl (C=O) groups excluding carboxylic acids is 1. The summed E-state index contributed by atoms with van der Waals surface area (Å²) >= 11 is 0. The summed E-state index contributed by atoms with van der Waals surface area (Å²) < 4.78 is 13.9. The number of pyridine rings is 3. The van der Waals surface area contributed by atoms with E-state index in [1.807, 2.05) is 31.2 Å². The molecule has 1 aromatic carbocycles. The Morgan fingerprint density at radius 1 is 1.06 bits per heavy atom. The van der Waals surface area contributed by atoms with Gasteiger partial charge in [-0.2, -0.15) is 0 Å². The maximum Gasteiger partial charge on any atom is 0.258 e. The largest absolute Gasteiger partial charge is 0.329 e. The molecule has 1 N–H and O–H groups in total. The number of amides is 1. The first kappa shape index (κ1) is 20.2. The van der Waals surface area contributed by atoms with Crippen LogP contribution in [0.3, 0.4) is 0 Å². The third-order valence-corrected chi connectivity index (χ3v) is 4.74. The van der Waals surface area contributed by atoms with Crippen molar-refractivity contribution in [3.05, 3.63) is 112 Å². The number of H-pyrrole nitrogens is 1. The summed E-state index contributed by atoms with van der Waals surface area (Å²) in [5.74, 6) is -0.867. The van der Waals surface area contributed by atoms with Crippen molar-refractivity contribution in [3.8, 4) is 11.3 Å². The number of anilines is 1. The Bertz CT molecular complexity index is 1290. The zero-order chi connectivity index (χ0) is 21.8. The molecule has 0 aliphatic carbocycles. The smallest absolute Gasteiger partial charge is 0.258 e. The molecular weight excluding hydrogens is 395 g/mol. The number of aryl methyl sites for hydroxylation is 1. The van der Waals surface area contributed by atoms with Gasteiger partial charge in [-0.05, 0) is 55.0 Å². The molecule has 4 aromatic rings. The molecule has 31 heavy (non-hydrogen) atoms. The van der Waals surface area contributed by atoms with E-state index in [0.29, 0.717) is 5.69 Å². The highest BCUT2D eigenvalue weighted by molar-refractivity contribution is 6.05. The van der Waals surface area contributed by atoms with Gasteiger partial charge in [0.2, 0.25) is 5.56 Å². The van der Waals surface area contributed by atoms with Gasteiger partial charge >= 0.3 is 0 Å². The van der Waals surface area contributed by atoms with E-state index in [4.69, 9.17) is 0 Å². The highest BCUT2D eigenvalue weighted by atomic mass is 19.1. The summed E-state index contributed by atoms with van der Waals surface area (Å²) in [4.78, 5) is 37.4. The number of aromatic nitrogens is 3. The highest BCUT2D eigenvalue weighted by Gasteiger charge is 2.19. The summed E-state index contributed by atoms with van der Waals surface area (Å²) in [5, 5.41) is 0. The van der Waals surface area contributed by atoms with E-state index in [2.05, 4.69) is 15.0 Å². The van der Waals surface area contributed by atoms with Gasteiger partial charge in [0.1, 0.15) is 5.82 Å². The van der Waals surface area contributed by atoms with E-state index >= 15 is 0 Å². The fourth-order valence-corrected chi connectivity index (χ4v) is 3.23. The molecule has 0 radical (unpaired) electrons. The number of rotatable bonds is 5. The molecule has 0 atom stereocenters. The molecule has 0 saturated heterocycles. The molecule has 0 saturated carbocycles. The van der Waals surface area contributed by atoms with Crippen molar-refractivity contribution in [3.63, 3.8) is 0 Å². The molecule has 0 spiro atoms. The second-order valence-electron chi connectivity index (χ2n) is 7.05. The predicted octanol–water partition coefficient (Wildman–Crippen LogP) is 4.13. The van der Waals surface area contributed by atoms with Crippen LogP contribution in [0.4, 0.5) is 10.1 Å². The normalized spacial score (nSPS) is 10.6. The van der Waals surface area contributed by atoms with Crippen molar-refractivity contribution in [2.24, 2.45) is 0 Å². The van der Waals surface area contributed by atoms with Gasteiger partial charge in [-0.1, -0.05) is 12.1 Å². The van der Waals surface area contributed by atoms with Crippen molar-refractivity contribution in [2.45, 2.75) is 13.5 Å². The van der Waals surface area contributed by atoms with Gasteiger partial charge in [-0.3, -0.25) is 19.6 Å². The molecule has 0 aliphatic heterocycles. The maximum atomic E-state index is 13.9. The zero-order valence-corrected chi connectivity index (χ0v) is 16.7. The van der Waals surface area contributed by atoms with Crippen molar-refractivity contribution >= 4 is 11.6 Å². The number of aromatic amines is 1. The van der Waals surface area contributed by atoms with Gasteiger partial charge < -0.3 is 9.88 Å². The van der Waals surface area contributed by atoms with E-state index in [1.54, 1.807) is 18.5 Å². The molecule has 0 fully saturated rings. The van der Waals surface area contributed by atoms with Crippen molar-refractivity contribution in [1.82, 2.24) is 15.0 Å². The van der Waals surface area contributed by atoms with E-state index < -0.39 is 11.7 Å². The predicted molar refractivity (Wildman–Crippen MR) is 116 cm³/mol. The van der Waals surface area contributed by atoms with E-state index in [1.165, 1.54) is 41.4 Å². The molecule has 154 valence electrons. The number of halogens is 1. The Morgan fingerprint density at radius 3 is 2.65 bits per heavy atom. The Hall–Kier alpha value is -4.13. The van der Waals surface area contributed by atoms with Crippen molar-refractivity contribution in [1.29, 1.82) is 0 Å². The first-order valence-electron chi connectivity index (χ1n) is 9.64. The van der Waals surface area contributed by atoms with Crippen molar-refractivity contribution in [2.75, 3.05) is 4.90 Å². The zero-order valence-electron chi connectivity index (χ0n) is 16.7. The summed E-state index contributed by atoms with van der Waals surface area (Å²) in [6.45, 7) is 2.08. The second-order valence-corrected chi connectivity index (χ2v) is 7.05. The lowest BCUT2D eigenvalue weighted by Crippen LogP contribution is -2.31. The van der Waals surface area contributed by atoms with Gasteiger partial charge in [0.05, 0.1) is 12.2 Å². The first-order valence-corrected chi connectivity index (χ1v) is 9.64. The van der Waals surface area contributed by atoms with Crippen LogP contribution in [0.1, 0.15) is 21.6 Å². The van der Waals surface area contributed by atoms with Crippen LogP contribution in [-0.2, 0) is 6.54 Å². The highest BCUT2D eigenvalue weighted by Crippen LogP contribution is 2.22. The van der Waals surface area contributed by atoms with Crippen LogP contribution in [0, 0.1) is 12.7 Å². The molecule has 0 unspecified atom stereocenters. The summed E-state index contributed by atoms with van der Waals surface area (Å²) in [6, 6.07) is 16.1. The maximum absolute atomic E-state index is 13.9. The van der Waals surface area contributed by atoms with Crippen LogP contribution in [0.25, 0.3) is 11.3 Å². The Morgan fingerprint density at radius 2 is 1.94 bits per heavy atom. The van der Waals surface area contributed by atoms with E-state index in [9.17, 15) is 14.0 Å². The molecule has 0 bridgehead atoms. The lowest BCUT2D eigenvalue weighted by molar-refractivity contribution is 0.0985. The average molecular weight is 414 g/mol. The number of benzene rings is 1. The molecule has 3 heterocycles. The first-order chi connectivity index (χ1) is 15.0. The third-order valence-electron chi connectivity index (χ3n) is 4.74. The monoisotopic (exact) mass is 414 g/mol. The lowest BCUT2D eigenvalue weighted by atomic mass is 10.1. The SMILES string of the molecule is Cc1cc(-c2ccc(CN(C(=O)c3cc[nH]c(=O)c3)c3cccc(F)c3)cn2)ccn1. The summed E-state index contributed by atoms with van der Waals surface area (Å²) in [5.41, 5.74) is 3.60. The number of carbonyl (C=O) groups is 1. The third kappa shape index (κ3) is 4.72. The lowest BCUT2D eigenvalue weighted by Gasteiger charge is -2.23. The minimum atomic E-state index is -0.456. The number of nitrogens with one attached hydrogen (secondary N) is 1. The Labute approximate surface area is 178 Å². The number of hydrogen-bond acceptors (Lipinski definition) is 4.